The molecule has 0 atom stereocenters. The van der Waals surface area contributed by atoms with Crippen LogP contribution in [0, 0.1) is 0 Å². The van der Waals surface area contributed by atoms with Crippen molar-refractivity contribution in [1.82, 2.24) is 4.98 Å². The SMILES string of the molecule is COc1cc(C=Cc2nc3cc(-c4ccccc4)ccc3o2)cc(OC)c1OC. The fourth-order valence-electron chi connectivity index (χ4n) is 3.19. The van der Waals surface area contributed by atoms with Crippen LogP contribution in [0.1, 0.15) is 11.5 Å². The van der Waals surface area contributed by atoms with Crippen LogP contribution in [0.15, 0.2) is 65.1 Å². The molecule has 0 spiro atoms. The summed E-state index contributed by atoms with van der Waals surface area (Å²) in [4.78, 5) is 4.59. The molecule has 0 bridgehead atoms. The summed E-state index contributed by atoms with van der Waals surface area (Å²) in [7, 11) is 4.77. The van der Waals surface area contributed by atoms with Crippen molar-refractivity contribution in [3.05, 3.63) is 72.1 Å². The highest BCUT2D eigenvalue weighted by Crippen LogP contribution is 2.38. The Labute approximate surface area is 169 Å². The quantitative estimate of drug-likeness (QED) is 0.425. The lowest BCUT2D eigenvalue weighted by Gasteiger charge is -2.12. The summed E-state index contributed by atoms with van der Waals surface area (Å²) >= 11 is 0. The molecule has 0 aliphatic heterocycles. The van der Waals surface area contributed by atoms with Gasteiger partial charge in [-0.25, -0.2) is 4.98 Å². The second kappa shape index (κ2) is 8.10. The molecule has 0 radical (unpaired) electrons. The van der Waals surface area contributed by atoms with Crippen LogP contribution in [-0.2, 0) is 0 Å². The van der Waals surface area contributed by atoms with Gasteiger partial charge in [0.15, 0.2) is 17.1 Å². The molecule has 3 aromatic carbocycles. The van der Waals surface area contributed by atoms with Crippen LogP contribution in [0.3, 0.4) is 0 Å². The smallest absolute Gasteiger partial charge is 0.220 e. The molecule has 5 nitrogen and oxygen atoms in total. The standard InChI is InChI=1S/C24H21NO4/c1-26-21-13-16(14-22(27-2)24(21)28-3)9-12-23-25-19-15-18(10-11-20(19)29-23)17-7-5-4-6-8-17/h4-15H,1-3H3. The van der Waals surface area contributed by atoms with Gasteiger partial charge in [0.2, 0.25) is 11.6 Å². The van der Waals surface area contributed by atoms with Crippen LogP contribution in [-0.4, -0.2) is 26.3 Å². The number of hydrogen-bond acceptors (Lipinski definition) is 5. The Morgan fingerprint density at radius 3 is 2.14 bits per heavy atom. The van der Waals surface area contributed by atoms with Crippen LogP contribution >= 0.6 is 0 Å². The Hall–Kier alpha value is -3.73. The number of fused-ring (bicyclic) bond motifs is 1. The van der Waals surface area contributed by atoms with E-state index in [4.69, 9.17) is 18.6 Å². The molecule has 0 saturated carbocycles. The van der Waals surface area contributed by atoms with E-state index in [-0.39, 0.29) is 0 Å². The number of benzene rings is 3. The van der Waals surface area contributed by atoms with Crippen LogP contribution in [0.4, 0.5) is 0 Å². The number of hydrogen-bond donors (Lipinski definition) is 0. The normalized spacial score (nSPS) is 11.1. The highest BCUT2D eigenvalue weighted by molar-refractivity contribution is 5.82. The molecule has 4 aromatic rings. The van der Waals surface area contributed by atoms with Gasteiger partial charge < -0.3 is 18.6 Å². The zero-order valence-electron chi connectivity index (χ0n) is 16.5. The second-order valence-corrected chi connectivity index (χ2v) is 6.39. The summed E-state index contributed by atoms with van der Waals surface area (Å²) in [5.74, 6) is 2.27. The molecular formula is C24H21NO4. The van der Waals surface area contributed by atoms with Crippen molar-refractivity contribution in [2.45, 2.75) is 0 Å². The topological polar surface area (TPSA) is 53.7 Å². The van der Waals surface area contributed by atoms with E-state index in [0.29, 0.717) is 23.1 Å². The van der Waals surface area contributed by atoms with Gasteiger partial charge in [-0.05, 0) is 47.0 Å². The Kier molecular flexibility index (Phi) is 5.20. The molecule has 4 rings (SSSR count). The molecule has 29 heavy (non-hydrogen) atoms. The number of aromatic nitrogens is 1. The van der Waals surface area contributed by atoms with Crippen molar-refractivity contribution in [1.29, 1.82) is 0 Å². The minimum atomic E-state index is 0.527. The van der Waals surface area contributed by atoms with Crippen molar-refractivity contribution in [2.75, 3.05) is 21.3 Å². The Morgan fingerprint density at radius 1 is 0.759 bits per heavy atom. The lowest BCUT2D eigenvalue weighted by atomic mass is 10.1. The number of ether oxygens (including phenoxy) is 3. The summed E-state index contributed by atoms with van der Waals surface area (Å²) in [6.07, 6.45) is 3.72. The molecular weight excluding hydrogens is 366 g/mol. The first-order valence-corrected chi connectivity index (χ1v) is 9.16. The summed E-state index contributed by atoms with van der Waals surface area (Å²) in [6.45, 7) is 0. The second-order valence-electron chi connectivity index (χ2n) is 6.39. The number of nitrogens with zero attached hydrogens (tertiary/aromatic N) is 1. The molecule has 0 unspecified atom stereocenters. The maximum Gasteiger partial charge on any atom is 0.220 e. The van der Waals surface area contributed by atoms with Gasteiger partial charge >= 0.3 is 0 Å². The van der Waals surface area contributed by atoms with Gasteiger partial charge in [0.05, 0.1) is 21.3 Å². The van der Waals surface area contributed by atoms with Crippen LogP contribution < -0.4 is 14.2 Å². The zero-order valence-corrected chi connectivity index (χ0v) is 16.5. The lowest BCUT2D eigenvalue weighted by molar-refractivity contribution is 0.324. The van der Waals surface area contributed by atoms with Gasteiger partial charge in [-0.3, -0.25) is 0 Å². The first-order chi connectivity index (χ1) is 14.2. The molecule has 146 valence electrons. The van der Waals surface area contributed by atoms with Gasteiger partial charge in [0.1, 0.15) is 5.52 Å². The predicted molar refractivity (Wildman–Crippen MR) is 114 cm³/mol. The average Bonchev–Trinajstić information content (AvgIpc) is 3.19. The van der Waals surface area contributed by atoms with Crippen LogP contribution in [0.2, 0.25) is 0 Å². The number of rotatable bonds is 6. The maximum absolute atomic E-state index is 5.85. The van der Waals surface area contributed by atoms with E-state index >= 15 is 0 Å². The maximum atomic E-state index is 5.85. The largest absolute Gasteiger partial charge is 0.493 e. The number of methoxy groups -OCH3 is 3. The fourth-order valence-corrected chi connectivity index (χ4v) is 3.19. The molecule has 0 N–H and O–H groups in total. The van der Waals surface area contributed by atoms with Gasteiger partial charge in [-0.15, -0.1) is 0 Å². The molecule has 0 aliphatic carbocycles. The fraction of sp³-hybridized carbons (Fsp3) is 0.125. The van der Waals surface area contributed by atoms with Crippen LogP contribution in [0.25, 0.3) is 34.4 Å². The zero-order chi connectivity index (χ0) is 20.2. The first-order valence-electron chi connectivity index (χ1n) is 9.16. The minimum Gasteiger partial charge on any atom is -0.493 e. The Morgan fingerprint density at radius 2 is 1.48 bits per heavy atom. The van der Waals surface area contributed by atoms with Gasteiger partial charge in [-0.2, -0.15) is 0 Å². The first kappa shape index (κ1) is 18.6. The van der Waals surface area contributed by atoms with Crippen molar-refractivity contribution >= 4 is 23.3 Å². The van der Waals surface area contributed by atoms with E-state index in [9.17, 15) is 0 Å². The van der Waals surface area contributed by atoms with Crippen LogP contribution in [0.5, 0.6) is 17.2 Å². The van der Waals surface area contributed by atoms with E-state index in [2.05, 4.69) is 17.1 Å². The van der Waals surface area contributed by atoms with Crippen molar-refractivity contribution in [2.24, 2.45) is 0 Å². The summed E-state index contributed by atoms with van der Waals surface area (Å²) in [6, 6.07) is 20.0. The third-order valence-electron chi connectivity index (χ3n) is 4.62. The molecule has 0 aliphatic rings. The van der Waals surface area contributed by atoms with Gasteiger partial charge in [0, 0.05) is 6.08 Å². The van der Waals surface area contributed by atoms with Crippen molar-refractivity contribution in [3.8, 4) is 28.4 Å². The Balaban J connectivity index is 1.65. The highest BCUT2D eigenvalue weighted by atomic mass is 16.5. The predicted octanol–water partition coefficient (Wildman–Crippen LogP) is 5.69. The summed E-state index contributed by atoms with van der Waals surface area (Å²) < 4.78 is 22.0. The molecule has 0 saturated heterocycles. The van der Waals surface area contributed by atoms with Gasteiger partial charge in [0.25, 0.3) is 0 Å². The lowest BCUT2D eigenvalue weighted by Crippen LogP contribution is -1.95. The van der Waals surface area contributed by atoms with E-state index in [1.54, 1.807) is 21.3 Å². The van der Waals surface area contributed by atoms with Gasteiger partial charge in [-0.1, -0.05) is 36.4 Å². The van der Waals surface area contributed by atoms with E-state index in [1.807, 2.05) is 60.7 Å². The third kappa shape index (κ3) is 3.80. The number of oxazole rings is 1. The van der Waals surface area contributed by atoms with E-state index in [1.165, 1.54) is 0 Å². The third-order valence-corrected chi connectivity index (χ3v) is 4.62. The Bertz CT molecular complexity index is 1140. The van der Waals surface area contributed by atoms with E-state index < -0.39 is 0 Å². The summed E-state index contributed by atoms with van der Waals surface area (Å²) in [5, 5.41) is 0. The molecule has 1 heterocycles. The highest BCUT2D eigenvalue weighted by Gasteiger charge is 2.12. The molecule has 0 fully saturated rings. The monoisotopic (exact) mass is 387 g/mol. The summed E-state index contributed by atoms with van der Waals surface area (Å²) in [5.41, 5.74) is 4.69. The molecule has 0 amide bonds. The van der Waals surface area contributed by atoms with Crippen molar-refractivity contribution in [3.63, 3.8) is 0 Å². The molecule has 1 aromatic heterocycles. The van der Waals surface area contributed by atoms with E-state index in [0.717, 1.165) is 27.8 Å². The molecule has 5 heteroatoms. The minimum absolute atomic E-state index is 0.527. The van der Waals surface area contributed by atoms with Crippen molar-refractivity contribution < 1.29 is 18.6 Å². The average molecular weight is 387 g/mol.